The maximum atomic E-state index is 13.4. The fourth-order valence-electron chi connectivity index (χ4n) is 4.60. The quantitative estimate of drug-likeness (QED) is 0.416. The van der Waals surface area contributed by atoms with Crippen molar-refractivity contribution in [3.63, 3.8) is 0 Å². The highest BCUT2D eigenvalue weighted by Gasteiger charge is 2.39. The van der Waals surface area contributed by atoms with Gasteiger partial charge in [0.2, 0.25) is 5.91 Å². The molecule has 2 aromatic rings. The van der Waals surface area contributed by atoms with Crippen LogP contribution in [0.1, 0.15) is 34.6 Å². The summed E-state index contributed by atoms with van der Waals surface area (Å²) in [5.74, 6) is -1.33. The summed E-state index contributed by atoms with van der Waals surface area (Å²) in [6.07, 6.45) is -8.45. The van der Waals surface area contributed by atoms with Crippen LogP contribution < -0.4 is 0 Å². The number of hydrogen-bond acceptors (Lipinski definition) is 4. The van der Waals surface area contributed by atoms with Crippen LogP contribution in [0.25, 0.3) is 0 Å². The number of carbonyl (C=O) groups is 1. The molecule has 38 heavy (non-hydrogen) atoms. The second-order valence-corrected chi connectivity index (χ2v) is 11.7. The number of nitrogens with zero attached hydrogens (tertiary/aromatic N) is 2. The molecular weight excluding hydrogens is 558 g/mol. The number of likely N-dealkylation sites (tertiary alicyclic amines) is 1. The average Bonchev–Trinajstić information content (AvgIpc) is 2.81. The molecule has 1 aliphatic rings. The van der Waals surface area contributed by atoms with Gasteiger partial charge in [0.25, 0.3) is 0 Å². The Kier molecular flexibility index (Phi) is 10.3. The minimum absolute atomic E-state index is 0. The summed E-state index contributed by atoms with van der Waals surface area (Å²) in [5.41, 5.74) is -2.30. The van der Waals surface area contributed by atoms with Crippen LogP contribution >= 0.6 is 12.4 Å². The molecule has 0 aromatic heterocycles. The van der Waals surface area contributed by atoms with Crippen molar-refractivity contribution >= 4 is 28.2 Å². The van der Waals surface area contributed by atoms with Crippen LogP contribution in [0.5, 0.6) is 0 Å². The third-order valence-corrected chi connectivity index (χ3v) is 7.39. The summed E-state index contributed by atoms with van der Waals surface area (Å²) < 4.78 is 103. The van der Waals surface area contributed by atoms with E-state index in [2.05, 4.69) is 0 Å². The molecule has 2 atom stereocenters. The van der Waals surface area contributed by atoms with Crippen LogP contribution in [0, 0.1) is 5.92 Å². The smallest absolute Gasteiger partial charge is 0.341 e. The summed E-state index contributed by atoms with van der Waals surface area (Å²) in [6, 6.07) is 10.4. The maximum Gasteiger partial charge on any atom is 0.416 e. The zero-order chi connectivity index (χ0) is 27.6. The first kappa shape index (κ1) is 31.9. The van der Waals surface area contributed by atoms with E-state index in [-0.39, 0.29) is 35.7 Å². The van der Waals surface area contributed by atoms with Crippen LogP contribution in [-0.2, 0) is 33.5 Å². The van der Waals surface area contributed by atoms with Gasteiger partial charge in [-0.3, -0.25) is 4.79 Å². The number of carbonyl (C=O) groups excluding carboxylic acids is 1. The monoisotopic (exact) mass is 586 g/mol. The first-order valence-corrected chi connectivity index (χ1v) is 13.6. The largest absolute Gasteiger partial charge is 0.416 e. The van der Waals surface area contributed by atoms with E-state index in [9.17, 15) is 39.6 Å². The molecule has 0 radical (unpaired) electrons. The highest BCUT2D eigenvalue weighted by molar-refractivity contribution is 7.90. The van der Waals surface area contributed by atoms with Crippen molar-refractivity contribution in [2.45, 2.75) is 31.2 Å². The van der Waals surface area contributed by atoms with Crippen molar-refractivity contribution in [1.82, 2.24) is 9.80 Å². The van der Waals surface area contributed by atoms with Crippen molar-refractivity contribution in [2.24, 2.45) is 5.92 Å². The van der Waals surface area contributed by atoms with Crippen molar-refractivity contribution in [2.75, 3.05) is 38.7 Å². The number of alkyl halides is 6. The van der Waals surface area contributed by atoms with E-state index in [1.165, 1.54) is 7.05 Å². The van der Waals surface area contributed by atoms with Crippen molar-refractivity contribution < 1.29 is 39.6 Å². The number of amides is 1. The topological polar surface area (TPSA) is 57.7 Å². The molecule has 0 unspecified atom stereocenters. The van der Waals surface area contributed by atoms with E-state index < -0.39 is 51.7 Å². The molecule has 1 heterocycles. The second kappa shape index (κ2) is 12.3. The van der Waals surface area contributed by atoms with E-state index in [0.29, 0.717) is 38.2 Å². The first-order chi connectivity index (χ1) is 17.0. The number of benzene rings is 2. The number of hydrogen-bond donors (Lipinski definition) is 0. The lowest BCUT2D eigenvalue weighted by atomic mass is 9.79. The van der Waals surface area contributed by atoms with E-state index >= 15 is 0 Å². The van der Waals surface area contributed by atoms with Gasteiger partial charge < -0.3 is 9.80 Å². The lowest BCUT2D eigenvalue weighted by Crippen LogP contribution is -2.46. The molecule has 5 nitrogen and oxygen atoms in total. The van der Waals surface area contributed by atoms with Gasteiger partial charge in [-0.1, -0.05) is 30.3 Å². The predicted octanol–water partition coefficient (Wildman–Crippen LogP) is 5.25. The molecule has 1 amide bonds. The SMILES string of the molecule is CN(Cc1cc(C(F)(F)F)cc(C(F)(F)F)c1)C(=O)[C@@H]1CCN(CCS(C)(=O)=O)C[C@H]1c1ccccc1.Cl. The Morgan fingerprint density at radius 1 is 1.00 bits per heavy atom. The molecule has 0 bridgehead atoms. The van der Waals surface area contributed by atoms with Crippen molar-refractivity contribution in [3.8, 4) is 0 Å². The van der Waals surface area contributed by atoms with Gasteiger partial charge in [-0.2, -0.15) is 26.3 Å². The summed E-state index contributed by atoms with van der Waals surface area (Å²) in [4.78, 5) is 16.5. The molecular formula is C25H29ClF6N2O3S. The van der Waals surface area contributed by atoms with Gasteiger partial charge in [-0.25, -0.2) is 8.42 Å². The van der Waals surface area contributed by atoms with Gasteiger partial charge in [0.15, 0.2) is 0 Å². The molecule has 0 spiro atoms. The molecule has 0 saturated carbocycles. The summed E-state index contributed by atoms with van der Waals surface area (Å²) in [5, 5.41) is 0. The summed E-state index contributed by atoms with van der Waals surface area (Å²) >= 11 is 0. The zero-order valence-corrected chi connectivity index (χ0v) is 22.4. The maximum absolute atomic E-state index is 13.4. The Balaban J connectivity index is 0.00000507. The van der Waals surface area contributed by atoms with Crippen molar-refractivity contribution in [3.05, 3.63) is 70.8 Å². The molecule has 212 valence electrons. The fraction of sp³-hybridized carbons (Fsp3) is 0.480. The number of rotatable bonds is 7. The van der Waals surface area contributed by atoms with Gasteiger partial charge in [0.05, 0.1) is 16.9 Å². The van der Waals surface area contributed by atoms with Gasteiger partial charge in [0.1, 0.15) is 9.84 Å². The number of piperidine rings is 1. The standard InChI is InChI=1S/C25H28F6N2O3S.ClH/c1-32(15-17-12-19(24(26,27)28)14-20(13-17)25(29,30)31)23(34)21-8-9-33(10-11-37(2,35)36)16-22(21)18-6-4-3-5-7-18;/h3-7,12-14,21-22H,8-11,15-16H2,1-2H3;1H/t21-,22+;/m1./s1. The van der Waals surface area contributed by atoms with Gasteiger partial charge in [0, 0.05) is 44.8 Å². The Morgan fingerprint density at radius 2 is 1.55 bits per heavy atom. The lowest BCUT2D eigenvalue weighted by molar-refractivity contribution is -0.143. The van der Waals surface area contributed by atoms with Gasteiger partial charge in [-0.05, 0) is 42.3 Å². The fourth-order valence-corrected chi connectivity index (χ4v) is 5.19. The highest BCUT2D eigenvalue weighted by atomic mass is 35.5. The third kappa shape index (κ3) is 8.60. The summed E-state index contributed by atoms with van der Waals surface area (Å²) in [6.45, 7) is 0.696. The zero-order valence-electron chi connectivity index (χ0n) is 20.7. The molecule has 1 aliphatic heterocycles. The second-order valence-electron chi connectivity index (χ2n) is 9.45. The molecule has 3 rings (SSSR count). The van der Waals surface area contributed by atoms with E-state index in [4.69, 9.17) is 0 Å². The Morgan fingerprint density at radius 3 is 2.05 bits per heavy atom. The van der Waals surface area contributed by atoms with Crippen LogP contribution in [0.4, 0.5) is 26.3 Å². The molecule has 1 fully saturated rings. The van der Waals surface area contributed by atoms with Crippen LogP contribution in [0.2, 0.25) is 0 Å². The third-order valence-electron chi connectivity index (χ3n) is 6.46. The minimum atomic E-state index is -4.98. The molecule has 13 heteroatoms. The minimum Gasteiger partial charge on any atom is -0.341 e. The molecule has 0 aliphatic carbocycles. The van der Waals surface area contributed by atoms with Gasteiger partial charge >= 0.3 is 12.4 Å². The first-order valence-electron chi connectivity index (χ1n) is 11.5. The molecule has 2 aromatic carbocycles. The molecule has 0 N–H and O–H groups in total. The normalized spacial score (nSPS) is 19.1. The van der Waals surface area contributed by atoms with Crippen molar-refractivity contribution in [1.29, 1.82) is 0 Å². The van der Waals surface area contributed by atoms with E-state index in [1.807, 2.05) is 23.1 Å². The lowest BCUT2D eigenvalue weighted by Gasteiger charge is -2.39. The average molecular weight is 587 g/mol. The van der Waals surface area contributed by atoms with E-state index in [1.54, 1.807) is 12.1 Å². The Hall–Kier alpha value is -2.31. The Bertz CT molecular complexity index is 1170. The van der Waals surface area contributed by atoms with Crippen LogP contribution in [-0.4, -0.2) is 62.8 Å². The number of halogens is 7. The number of sulfone groups is 1. The highest BCUT2D eigenvalue weighted by Crippen LogP contribution is 2.37. The van der Waals surface area contributed by atoms with Crippen LogP contribution in [0.3, 0.4) is 0 Å². The Labute approximate surface area is 224 Å². The molecule has 1 saturated heterocycles. The van der Waals surface area contributed by atoms with Crippen LogP contribution in [0.15, 0.2) is 48.5 Å². The predicted molar refractivity (Wildman–Crippen MR) is 134 cm³/mol. The summed E-state index contributed by atoms with van der Waals surface area (Å²) in [7, 11) is -1.83. The van der Waals surface area contributed by atoms with E-state index in [0.717, 1.165) is 16.7 Å². The van der Waals surface area contributed by atoms with Gasteiger partial charge in [-0.15, -0.1) is 12.4 Å².